The van der Waals surface area contributed by atoms with Gasteiger partial charge in [-0.05, 0) is 11.8 Å². The Labute approximate surface area is 125 Å². The van der Waals surface area contributed by atoms with Crippen LogP contribution in [0.1, 0.15) is 27.2 Å². The number of sulfonamides is 1. The topological polar surface area (TPSA) is 104 Å². The highest BCUT2D eigenvalue weighted by atomic mass is 32.2. The Morgan fingerprint density at radius 1 is 1.29 bits per heavy atom. The molecular weight excluding hydrogens is 296 g/mol. The van der Waals surface area contributed by atoms with Crippen molar-refractivity contribution in [3.8, 4) is 0 Å². The van der Waals surface area contributed by atoms with Crippen molar-refractivity contribution < 1.29 is 23.1 Å². The molecule has 0 aromatic heterocycles. The number of carbonyl (C=O) groups excluding carboxylic acids is 1. The van der Waals surface area contributed by atoms with Crippen molar-refractivity contribution in [1.82, 2.24) is 9.62 Å². The largest absolute Gasteiger partial charge is 0.481 e. The fraction of sp³-hybridized carbons (Fsp3) is 0.846. The quantitative estimate of drug-likeness (QED) is 0.619. The van der Waals surface area contributed by atoms with Gasteiger partial charge in [-0.1, -0.05) is 20.8 Å². The first kappa shape index (κ1) is 17.9. The number of rotatable bonds is 8. The van der Waals surface area contributed by atoms with E-state index in [1.165, 1.54) is 4.31 Å². The zero-order valence-corrected chi connectivity index (χ0v) is 13.7. The number of carbonyl (C=O) groups is 2. The smallest absolute Gasteiger partial charge is 0.307 e. The third kappa shape index (κ3) is 4.16. The number of carboxylic acids is 1. The average Bonchev–Trinajstić information content (AvgIpc) is 2.90. The summed E-state index contributed by atoms with van der Waals surface area (Å²) in [5.41, 5.74) is -0.516. The predicted octanol–water partition coefficient (Wildman–Crippen LogP) is 0.131. The van der Waals surface area contributed by atoms with E-state index in [2.05, 4.69) is 5.32 Å². The van der Waals surface area contributed by atoms with E-state index in [-0.39, 0.29) is 5.91 Å². The summed E-state index contributed by atoms with van der Waals surface area (Å²) < 4.78 is 24.1. The van der Waals surface area contributed by atoms with Crippen molar-refractivity contribution in [1.29, 1.82) is 0 Å². The molecule has 0 spiro atoms. The van der Waals surface area contributed by atoms with Crippen LogP contribution in [-0.4, -0.2) is 55.6 Å². The second-order valence-corrected chi connectivity index (χ2v) is 8.00. The van der Waals surface area contributed by atoms with Gasteiger partial charge in [0.2, 0.25) is 15.9 Å². The van der Waals surface area contributed by atoms with Crippen LogP contribution >= 0.6 is 0 Å². The molecule has 0 aromatic carbocycles. The van der Waals surface area contributed by atoms with Crippen LogP contribution in [0.25, 0.3) is 0 Å². The van der Waals surface area contributed by atoms with Crippen molar-refractivity contribution in [2.24, 2.45) is 17.3 Å². The molecule has 122 valence electrons. The van der Waals surface area contributed by atoms with Gasteiger partial charge in [-0.2, -0.15) is 0 Å². The molecular formula is C13H24N2O5S. The number of amides is 1. The summed E-state index contributed by atoms with van der Waals surface area (Å²) >= 11 is 0. The SMILES string of the molecule is CCN(CCCNC(=O)[C@H]1[C@@H](C(=O)O)C1(C)C)S(C)(=O)=O. The van der Waals surface area contributed by atoms with E-state index < -0.39 is 33.2 Å². The third-order valence-corrected chi connectivity index (χ3v) is 5.46. The van der Waals surface area contributed by atoms with E-state index >= 15 is 0 Å². The van der Waals surface area contributed by atoms with Crippen LogP contribution in [0.5, 0.6) is 0 Å². The van der Waals surface area contributed by atoms with E-state index in [4.69, 9.17) is 5.11 Å². The Hall–Kier alpha value is -1.15. The Morgan fingerprint density at radius 3 is 2.24 bits per heavy atom. The van der Waals surface area contributed by atoms with Crippen LogP contribution in [0.15, 0.2) is 0 Å². The summed E-state index contributed by atoms with van der Waals surface area (Å²) in [6, 6.07) is 0. The molecule has 1 aliphatic carbocycles. The molecule has 1 fully saturated rings. The molecule has 0 bridgehead atoms. The van der Waals surface area contributed by atoms with E-state index in [1.807, 2.05) is 0 Å². The Balaban J connectivity index is 2.38. The molecule has 0 heterocycles. The van der Waals surface area contributed by atoms with Crippen molar-refractivity contribution in [2.75, 3.05) is 25.9 Å². The zero-order chi connectivity index (χ0) is 16.4. The van der Waals surface area contributed by atoms with Crippen LogP contribution in [0, 0.1) is 17.3 Å². The molecule has 0 saturated heterocycles. The predicted molar refractivity (Wildman–Crippen MR) is 78.1 cm³/mol. The van der Waals surface area contributed by atoms with Gasteiger partial charge in [0, 0.05) is 19.6 Å². The van der Waals surface area contributed by atoms with Gasteiger partial charge in [0.05, 0.1) is 18.1 Å². The molecule has 2 atom stereocenters. The lowest BCUT2D eigenvalue weighted by Crippen LogP contribution is -2.34. The summed E-state index contributed by atoms with van der Waals surface area (Å²) in [6.07, 6.45) is 1.65. The number of nitrogens with one attached hydrogen (secondary N) is 1. The fourth-order valence-corrected chi connectivity index (χ4v) is 3.65. The minimum absolute atomic E-state index is 0.269. The molecule has 1 saturated carbocycles. The molecule has 0 radical (unpaired) electrons. The highest BCUT2D eigenvalue weighted by Gasteiger charge is 2.65. The van der Waals surface area contributed by atoms with Crippen LogP contribution in [-0.2, 0) is 19.6 Å². The first-order chi connectivity index (χ1) is 9.53. The fourth-order valence-electron chi connectivity index (χ4n) is 2.72. The molecule has 1 amide bonds. The Morgan fingerprint density at radius 2 is 1.86 bits per heavy atom. The average molecular weight is 320 g/mol. The highest BCUT2D eigenvalue weighted by molar-refractivity contribution is 7.88. The first-order valence-corrected chi connectivity index (χ1v) is 8.84. The molecule has 2 N–H and O–H groups in total. The van der Waals surface area contributed by atoms with Gasteiger partial charge >= 0.3 is 5.97 Å². The number of aliphatic carboxylic acids is 1. The summed E-state index contributed by atoms with van der Waals surface area (Å²) in [7, 11) is -3.22. The van der Waals surface area contributed by atoms with Gasteiger partial charge in [-0.15, -0.1) is 0 Å². The van der Waals surface area contributed by atoms with Gasteiger partial charge in [-0.25, -0.2) is 12.7 Å². The van der Waals surface area contributed by atoms with Crippen molar-refractivity contribution in [3.63, 3.8) is 0 Å². The van der Waals surface area contributed by atoms with Crippen molar-refractivity contribution in [2.45, 2.75) is 27.2 Å². The van der Waals surface area contributed by atoms with E-state index in [9.17, 15) is 18.0 Å². The molecule has 1 aliphatic rings. The van der Waals surface area contributed by atoms with Crippen LogP contribution < -0.4 is 5.32 Å². The molecule has 1 rings (SSSR count). The lowest BCUT2D eigenvalue weighted by molar-refractivity contribution is -0.140. The number of hydrogen-bond acceptors (Lipinski definition) is 4. The van der Waals surface area contributed by atoms with Gasteiger partial charge in [0.1, 0.15) is 0 Å². The van der Waals surface area contributed by atoms with Gasteiger partial charge in [0.15, 0.2) is 0 Å². The zero-order valence-electron chi connectivity index (χ0n) is 12.9. The van der Waals surface area contributed by atoms with Gasteiger partial charge in [-0.3, -0.25) is 9.59 Å². The Bertz CT molecular complexity index is 515. The van der Waals surface area contributed by atoms with E-state index in [0.29, 0.717) is 26.1 Å². The molecule has 0 unspecified atom stereocenters. The van der Waals surface area contributed by atoms with Gasteiger partial charge in [0.25, 0.3) is 0 Å². The number of carboxylic acid groups (broad SMARTS) is 1. The number of nitrogens with zero attached hydrogens (tertiary/aromatic N) is 1. The number of hydrogen-bond donors (Lipinski definition) is 2. The summed E-state index contributed by atoms with van der Waals surface area (Å²) in [6.45, 7) is 6.35. The normalized spacial score (nSPS) is 23.9. The summed E-state index contributed by atoms with van der Waals surface area (Å²) in [4.78, 5) is 22.9. The van der Waals surface area contributed by atoms with Crippen LogP contribution in [0.3, 0.4) is 0 Å². The molecule has 7 nitrogen and oxygen atoms in total. The van der Waals surface area contributed by atoms with E-state index in [0.717, 1.165) is 6.26 Å². The minimum Gasteiger partial charge on any atom is -0.481 e. The Kier molecular flexibility index (Phi) is 5.38. The van der Waals surface area contributed by atoms with Crippen LogP contribution in [0.4, 0.5) is 0 Å². The molecule has 0 aromatic rings. The molecule has 8 heteroatoms. The maximum absolute atomic E-state index is 11.9. The van der Waals surface area contributed by atoms with E-state index in [1.54, 1.807) is 20.8 Å². The first-order valence-electron chi connectivity index (χ1n) is 6.99. The molecule has 0 aliphatic heterocycles. The van der Waals surface area contributed by atoms with Gasteiger partial charge < -0.3 is 10.4 Å². The standard InChI is InChI=1S/C13H24N2O5S/c1-5-15(21(4,19)20)8-6-7-14-11(16)9-10(12(17)18)13(9,2)3/h9-10H,5-8H2,1-4H3,(H,14,16)(H,17,18)/t9-,10+/m1/s1. The lowest BCUT2D eigenvalue weighted by atomic mass is 10.1. The highest BCUT2D eigenvalue weighted by Crippen LogP contribution is 2.58. The third-order valence-electron chi connectivity index (χ3n) is 4.08. The minimum atomic E-state index is -3.22. The summed E-state index contributed by atoms with van der Waals surface area (Å²) in [5, 5.41) is 11.7. The summed E-state index contributed by atoms with van der Waals surface area (Å²) in [5.74, 6) is -2.36. The maximum Gasteiger partial charge on any atom is 0.307 e. The monoisotopic (exact) mass is 320 g/mol. The second kappa shape index (κ2) is 6.31. The molecule has 21 heavy (non-hydrogen) atoms. The van der Waals surface area contributed by atoms with Crippen molar-refractivity contribution >= 4 is 21.9 Å². The maximum atomic E-state index is 11.9. The van der Waals surface area contributed by atoms with Crippen LogP contribution in [0.2, 0.25) is 0 Å². The lowest BCUT2D eigenvalue weighted by Gasteiger charge is -2.17. The van der Waals surface area contributed by atoms with Crippen molar-refractivity contribution in [3.05, 3.63) is 0 Å². The second-order valence-electron chi connectivity index (χ2n) is 6.01.